The van der Waals surface area contributed by atoms with Gasteiger partial charge in [0.1, 0.15) is 0 Å². The summed E-state index contributed by atoms with van der Waals surface area (Å²) < 4.78 is 0. The molecule has 1 heterocycles. The van der Waals surface area contributed by atoms with Crippen LogP contribution in [0.1, 0.15) is 51.6 Å². The molecule has 2 unspecified atom stereocenters. The molecule has 1 saturated heterocycles. The number of benzene rings is 1. The van der Waals surface area contributed by atoms with Gasteiger partial charge >= 0.3 is 0 Å². The maximum Gasteiger partial charge on any atom is 0.0475 e. The summed E-state index contributed by atoms with van der Waals surface area (Å²) in [5.74, 6) is 0. The van der Waals surface area contributed by atoms with Crippen molar-refractivity contribution in [2.24, 2.45) is 5.41 Å². The van der Waals surface area contributed by atoms with Gasteiger partial charge in [-0.25, -0.2) is 0 Å². The summed E-state index contributed by atoms with van der Waals surface area (Å²) in [7, 11) is 2.09. The van der Waals surface area contributed by atoms with Crippen molar-refractivity contribution in [1.29, 1.82) is 0 Å². The predicted molar refractivity (Wildman–Crippen MR) is 86.9 cm³/mol. The summed E-state index contributed by atoms with van der Waals surface area (Å²) in [4.78, 5) is 2.71. The van der Waals surface area contributed by atoms with Crippen LogP contribution in [0.3, 0.4) is 0 Å². The smallest absolute Gasteiger partial charge is 0.0475 e. The highest BCUT2D eigenvalue weighted by Gasteiger charge is 2.33. The second-order valence-electron chi connectivity index (χ2n) is 6.89. The van der Waals surface area contributed by atoms with E-state index in [2.05, 4.69) is 68.4 Å². The van der Waals surface area contributed by atoms with E-state index in [9.17, 15) is 0 Å². The van der Waals surface area contributed by atoms with E-state index in [4.69, 9.17) is 0 Å². The molecule has 1 aliphatic heterocycles. The fraction of sp³-hybridized carbons (Fsp3) is 0.667. The molecule has 1 fully saturated rings. The fourth-order valence-corrected chi connectivity index (χ4v) is 3.70. The Hall–Kier alpha value is -0.860. The standard InChI is InChI=1S/C18H30N2/c1-5-16(20-13-9-12-18(2,3)14-20)17(19-4)15-10-7-6-8-11-15/h6-8,10-11,16-17,19H,5,9,12-14H2,1-4H3. The van der Waals surface area contributed by atoms with Crippen LogP contribution in [0.15, 0.2) is 30.3 Å². The van der Waals surface area contributed by atoms with E-state index < -0.39 is 0 Å². The van der Waals surface area contributed by atoms with Gasteiger partial charge < -0.3 is 5.32 Å². The fourth-order valence-electron chi connectivity index (χ4n) is 3.70. The Morgan fingerprint density at radius 2 is 1.95 bits per heavy atom. The second kappa shape index (κ2) is 6.73. The number of nitrogens with one attached hydrogen (secondary N) is 1. The minimum Gasteiger partial charge on any atom is -0.312 e. The highest BCUT2D eigenvalue weighted by atomic mass is 15.2. The third-order valence-corrected chi connectivity index (χ3v) is 4.67. The van der Waals surface area contributed by atoms with Gasteiger partial charge in [-0.3, -0.25) is 4.90 Å². The zero-order valence-electron chi connectivity index (χ0n) is 13.5. The van der Waals surface area contributed by atoms with E-state index in [-0.39, 0.29) is 0 Å². The van der Waals surface area contributed by atoms with Crippen LogP contribution in [0.2, 0.25) is 0 Å². The van der Waals surface area contributed by atoms with Crippen LogP contribution in [-0.4, -0.2) is 31.1 Å². The molecule has 20 heavy (non-hydrogen) atoms. The van der Waals surface area contributed by atoms with Gasteiger partial charge in [-0.05, 0) is 43.8 Å². The Morgan fingerprint density at radius 3 is 2.50 bits per heavy atom. The maximum absolute atomic E-state index is 3.55. The monoisotopic (exact) mass is 274 g/mol. The molecule has 1 N–H and O–H groups in total. The quantitative estimate of drug-likeness (QED) is 0.877. The van der Waals surface area contributed by atoms with Gasteiger partial charge in [0.2, 0.25) is 0 Å². The Morgan fingerprint density at radius 1 is 1.25 bits per heavy atom. The number of hydrogen-bond donors (Lipinski definition) is 1. The van der Waals surface area contributed by atoms with E-state index in [1.165, 1.54) is 37.9 Å². The van der Waals surface area contributed by atoms with Gasteiger partial charge in [-0.15, -0.1) is 0 Å². The Bertz CT molecular complexity index is 399. The third-order valence-electron chi connectivity index (χ3n) is 4.67. The first kappa shape index (κ1) is 15.5. The van der Waals surface area contributed by atoms with E-state index >= 15 is 0 Å². The van der Waals surface area contributed by atoms with Gasteiger partial charge in [0.25, 0.3) is 0 Å². The van der Waals surface area contributed by atoms with Gasteiger partial charge in [0.05, 0.1) is 0 Å². The third kappa shape index (κ3) is 3.62. The van der Waals surface area contributed by atoms with Crippen molar-refractivity contribution in [3.8, 4) is 0 Å². The lowest BCUT2D eigenvalue weighted by molar-refractivity contribution is 0.0597. The lowest BCUT2D eigenvalue weighted by Gasteiger charge is -2.44. The van der Waals surface area contributed by atoms with Crippen LogP contribution < -0.4 is 5.32 Å². The van der Waals surface area contributed by atoms with Crippen molar-refractivity contribution in [1.82, 2.24) is 10.2 Å². The van der Waals surface area contributed by atoms with Gasteiger partial charge in [0.15, 0.2) is 0 Å². The van der Waals surface area contributed by atoms with Gasteiger partial charge in [0, 0.05) is 18.6 Å². The average molecular weight is 274 g/mol. The maximum atomic E-state index is 3.55. The molecule has 1 aromatic carbocycles. The summed E-state index contributed by atoms with van der Waals surface area (Å²) in [6.45, 7) is 9.59. The zero-order valence-corrected chi connectivity index (χ0v) is 13.5. The predicted octanol–water partition coefficient (Wildman–Crippen LogP) is 3.85. The molecule has 0 spiro atoms. The summed E-state index contributed by atoms with van der Waals surface area (Å²) >= 11 is 0. The first-order chi connectivity index (χ1) is 9.57. The van der Waals surface area contributed by atoms with Crippen molar-refractivity contribution in [3.05, 3.63) is 35.9 Å². The van der Waals surface area contributed by atoms with E-state index in [0.717, 1.165) is 0 Å². The Balaban J connectivity index is 2.17. The highest BCUT2D eigenvalue weighted by Crippen LogP contribution is 2.33. The normalized spacial score (nSPS) is 22.4. The van der Waals surface area contributed by atoms with E-state index in [1.807, 2.05) is 0 Å². The van der Waals surface area contributed by atoms with Gasteiger partial charge in [-0.2, -0.15) is 0 Å². The molecule has 0 aliphatic carbocycles. The topological polar surface area (TPSA) is 15.3 Å². The number of hydrogen-bond acceptors (Lipinski definition) is 2. The van der Waals surface area contributed by atoms with Crippen molar-refractivity contribution < 1.29 is 0 Å². The number of likely N-dealkylation sites (tertiary alicyclic amines) is 1. The van der Waals surface area contributed by atoms with Crippen LogP contribution in [0, 0.1) is 5.41 Å². The highest BCUT2D eigenvalue weighted by molar-refractivity contribution is 5.20. The number of likely N-dealkylation sites (N-methyl/N-ethyl adjacent to an activating group) is 1. The van der Waals surface area contributed by atoms with Crippen LogP contribution in [0.5, 0.6) is 0 Å². The summed E-state index contributed by atoms with van der Waals surface area (Å²) in [5.41, 5.74) is 1.87. The van der Waals surface area contributed by atoms with Crippen molar-refractivity contribution in [2.45, 2.75) is 52.1 Å². The summed E-state index contributed by atoms with van der Waals surface area (Å²) in [6.07, 6.45) is 3.88. The molecule has 0 bridgehead atoms. The largest absolute Gasteiger partial charge is 0.312 e. The van der Waals surface area contributed by atoms with E-state index in [0.29, 0.717) is 17.5 Å². The molecule has 0 radical (unpaired) electrons. The van der Waals surface area contributed by atoms with Gasteiger partial charge in [-0.1, -0.05) is 51.1 Å². The molecule has 0 amide bonds. The minimum absolute atomic E-state index is 0.426. The number of nitrogens with zero attached hydrogens (tertiary/aromatic N) is 1. The van der Waals surface area contributed by atoms with Crippen molar-refractivity contribution in [2.75, 3.05) is 20.1 Å². The van der Waals surface area contributed by atoms with Crippen molar-refractivity contribution >= 4 is 0 Å². The first-order valence-corrected chi connectivity index (χ1v) is 8.03. The molecule has 1 aliphatic rings. The van der Waals surface area contributed by atoms with E-state index in [1.54, 1.807) is 0 Å². The molecule has 2 heteroatoms. The second-order valence-corrected chi connectivity index (χ2v) is 6.89. The Kier molecular flexibility index (Phi) is 5.22. The van der Waals surface area contributed by atoms with Crippen LogP contribution in [0.4, 0.5) is 0 Å². The molecule has 2 nitrogen and oxygen atoms in total. The molecule has 1 aromatic rings. The first-order valence-electron chi connectivity index (χ1n) is 8.03. The summed E-state index contributed by atoms with van der Waals surface area (Å²) in [6, 6.07) is 11.9. The molecular weight excluding hydrogens is 244 g/mol. The number of piperidine rings is 1. The molecule has 0 saturated carbocycles. The lowest BCUT2D eigenvalue weighted by atomic mass is 9.82. The average Bonchev–Trinajstić information content (AvgIpc) is 2.44. The molecule has 2 atom stereocenters. The minimum atomic E-state index is 0.426. The molecule has 2 rings (SSSR count). The molecular formula is C18H30N2. The van der Waals surface area contributed by atoms with Crippen molar-refractivity contribution in [3.63, 3.8) is 0 Å². The van der Waals surface area contributed by atoms with Crippen LogP contribution >= 0.6 is 0 Å². The Labute approximate surface area is 124 Å². The molecule has 112 valence electrons. The van der Waals surface area contributed by atoms with Crippen LogP contribution in [-0.2, 0) is 0 Å². The number of rotatable bonds is 5. The van der Waals surface area contributed by atoms with Crippen LogP contribution in [0.25, 0.3) is 0 Å². The summed E-state index contributed by atoms with van der Waals surface area (Å²) in [5, 5.41) is 3.55. The lowest BCUT2D eigenvalue weighted by Crippen LogP contribution is -2.50. The molecule has 0 aromatic heterocycles. The SMILES string of the molecule is CCC(C(NC)c1ccccc1)N1CCCC(C)(C)C1. The zero-order chi connectivity index (χ0) is 14.6.